The molecule has 0 aliphatic carbocycles. The van der Waals surface area contributed by atoms with Gasteiger partial charge in [-0.15, -0.1) is 0 Å². The van der Waals surface area contributed by atoms with Crippen molar-refractivity contribution in [3.05, 3.63) is 23.7 Å². The quantitative estimate of drug-likeness (QED) is 0.782. The minimum atomic E-state index is -0.499. The Morgan fingerprint density at radius 3 is 2.62 bits per heavy atom. The molecule has 16 heavy (non-hydrogen) atoms. The molecule has 0 radical (unpaired) electrons. The maximum atomic E-state index is 10.3. The van der Waals surface area contributed by atoms with Crippen LogP contribution in [0.5, 0.6) is 0 Å². The van der Waals surface area contributed by atoms with Crippen LogP contribution in [0.2, 0.25) is 0 Å². The maximum absolute atomic E-state index is 10.3. The SMILES string of the molecule is CCc1occc1C(O)C(CN)CC(C)C. The number of rotatable bonds is 6. The zero-order valence-corrected chi connectivity index (χ0v) is 10.4. The third-order valence-electron chi connectivity index (χ3n) is 2.94. The van der Waals surface area contributed by atoms with E-state index in [1.165, 1.54) is 0 Å². The first-order chi connectivity index (χ1) is 7.60. The van der Waals surface area contributed by atoms with E-state index in [1.807, 2.05) is 13.0 Å². The Bertz CT molecular complexity index is 307. The Balaban J connectivity index is 2.78. The molecule has 0 aliphatic rings. The fourth-order valence-electron chi connectivity index (χ4n) is 2.11. The van der Waals surface area contributed by atoms with Gasteiger partial charge in [0, 0.05) is 17.9 Å². The molecule has 3 N–H and O–H groups in total. The van der Waals surface area contributed by atoms with E-state index < -0.39 is 6.10 Å². The molecule has 3 nitrogen and oxygen atoms in total. The minimum Gasteiger partial charge on any atom is -0.469 e. The van der Waals surface area contributed by atoms with Gasteiger partial charge in [-0.3, -0.25) is 0 Å². The molecule has 1 aromatic rings. The van der Waals surface area contributed by atoms with E-state index in [1.54, 1.807) is 6.26 Å². The predicted octanol–water partition coefficient (Wildman–Crippen LogP) is 2.50. The van der Waals surface area contributed by atoms with Crippen molar-refractivity contribution in [2.24, 2.45) is 17.6 Å². The fraction of sp³-hybridized carbons (Fsp3) is 0.692. The Kier molecular flexibility index (Phi) is 5.03. The Hall–Kier alpha value is -0.800. The van der Waals surface area contributed by atoms with Crippen LogP contribution < -0.4 is 5.73 Å². The average molecular weight is 225 g/mol. The summed E-state index contributed by atoms with van der Waals surface area (Å²) in [5.74, 6) is 1.53. The number of hydrogen-bond acceptors (Lipinski definition) is 3. The minimum absolute atomic E-state index is 0.114. The molecule has 1 rings (SSSR count). The molecule has 0 saturated heterocycles. The summed E-state index contributed by atoms with van der Waals surface area (Å²) in [6.45, 7) is 6.82. The van der Waals surface area contributed by atoms with Gasteiger partial charge in [-0.1, -0.05) is 20.8 Å². The molecule has 0 aliphatic heterocycles. The maximum Gasteiger partial charge on any atom is 0.109 e. The van der Waals surface area contributed by atoms with Crippen molar-refractivity contribution in [2.75, 3.05) is 6.54 Å². The van der Waals surface area contributed by atoms with Crippen molar-refractivity contribution < 1.29 is 9.52 Å². The molecule has 3 heteroatoms. The summed E-state index contributed by atoms with van der Waals surface area (Å²) in [6.07, 6.45) is 2.88. The molecular weight excluding hydrogens is 202 g/mol. The topological polar surface area (TPSA) is 59.4 Å². The lowest BCUT2D eigenvalue weighted by Gasteiger charge is -2.23. The summed E-state index contributed by atoms with van der Waals surface area (Å²) >= 11 is 0. The molecule has 0 aromatic carbocycles. The first kappa shape index (κ1) is 13.3. The zero-order valence-electron chi connectivity index (χ0n) is 10.4. The summed E-state index contributed by atoms with van der Waals surface area (Å²) < 4.78 is 5.33. The third-order valence-corrected chi connectivity index (χ3v) is 2.94. The molecule has 0 bridgehead atoms. The smallest absolute Gasteiger partial charge is 0.109 e. The lowest BCUT2D eigenvalue weighted by Crippen LogP contribution is -2.24. The van der Waals surface area contributed by atoms with Crippen LogP contribution in [0.3, 0.4) is 0 Å². The lowest BCUT2D eigenvalue weighted by atomic mass is 9.88. The molecular formula is C13H23NO2. The fourth-order valence-corrected chi connectivity index (χ4v) is 2.11. The van der Waals surface area contributed by atoms with E-state index in [4.69, 9.17) is 10.2 Å². The van der Waals surface area contributed by atoms with E-state index in [9.17, 15) is 5.11 Å². The van der Waals surface area contributed by atoms with Gasteiger partial charge in [0.05, 0.1) is 12.4 Å². The van der Waals surface area contributed by atoms with Gasteiger partial charge in [-0.2, -0.15) is 0 Å². The van der Waals surface area contributed by atoms with E-state index in [0.29, 0.717) is 12.5 Å². The largest absolute Gasteiger partial charge is 0.469 e. The van der Waals surface area contributed by atoms with Gasteiger partial charge in [-0.25, -0.2) is 0 Å². The monoisotopic (exact) mass is 225 g/mol. The average Bonchev–Trinajstić information content (AvgIpc) is 2.72. The van der Waals surface area contributed by atoms with Crippen molar-refractivity contribution in [2.45, 2.75) is 39.7 Å². The molecule has 0 saturated carbocycles. The van der Waals surface area contributed by atoms with Crippen molar-refractivity contribution >= 4 is 0 Å². The summed E-state index contributed by atoms with van der Waals surface area (Å²) in [6, 6.07) is 1.85. The summed E-state index contributed by atoms with van der Waals surface area (Å²) in [7, 11) is 0. The predicted molar refractivity (Wildman–Crippen MR) is 65.0 cm³/mol. The van der Waals surface area contributed by atoms with Crippen molar-refractivity contribution in [1.82, 2.24) is 0 Å². The van der Waals surface area contributed by atoms with Gasteiger partial charge in [0.1, 0.15) is 5.76 Å². The number of aliphatic hydroxyl groups is 1. The standard InChI is InChI=1S/C13H23NO2/c1-4-12-11(5-6-16-12)13(15)10(8-14)7-9(2)3/h5-6,9-10,13,15H,4,7-8,14H2,1-3H3. The highest BCUT2D eigenvalue weighted by atomic mass is 16.3. The van der Waals surface area contributed by atoms with Gasteiger partial charge >= 0.3 is 0 Å². The van der Waals surface area contributed by atoms with E-state index in [2.05, 4.69) is 13.8 Å². The Morgan fingerprint density at radius 2 is 2.12 bits per heavy atom. The Morgan fingerprint density at radius 1 is 1.44 bits per heavy atom. The molecule has 0 amide bonds. The molecule has 0 spiro atoms. The van der Waals surface area contributed by atoms with Gasteiger partial charge < -0.3 is 15.3 Å². The first-order valence-corrected chi connectivity index (χ1v) is 6.04. The van der Waals surface area contributed by atoms with Crippen LogP contribution in [-0.4, -0.2) is 11.7 Å². The molecule has 2 atom stereocenters. The third kappa shape index (κ3) is 3.09. The van der Waals surface area contributed by atoms with Crippen LogP contribution in [0.4, 0.5) is 0 Å². The van der Waals surface area contributed by atoms with Crippen LogP contribution in [0.1, 0.15) is 44.6 Å². The molecule has 0 fully saturated rings. The molecule has 92 valence electrons. The van der Waals surface area contributed by atoms with Crippen LogP contribution in [0, 0.1) is 11.8 Å². The van der Waals surface area contributed by atoms with Crippen LogP contribution in [0.15, 0.2) is 16.7 Å². The lowest BCUT2D eigenvalue weighted by molar-refractivity contribution is 0.0977. The molecule has 1 aromatic heterocycles. The highest BCUT2D eigenvalue weighted by Crippen LogP contribution is 2.29. The van der Waals surface area contributed by atoms with Gasteiger partial charge in [0.2, 0.25) is 0 Å². The number of furan rings is 1. The van der Waals surface area contributed by atoms with Crippen molar-refractivity contribution in [3.63, 3.8) is 0 Å². The van der Waals surface area contributed by atoms with Gasteiger partial charge in [0.15, 0.2) is 0 Å². The summed E-state index contributed by atoms with van der Waals surface area (Å²) in [5.41, 5.74) is 6.63. The number of hydrogen-bond donors (Lipinski definition) is 2. The second kappa shape index (κ2) is 6.06. The van der Waals surface area contributed by atoms with Crippen LogP contribution >= 0.6 is 0 Å². The number of aliphatic hydroxyl groups excluding tert-OH is 1. The summed E-state index contributed by atoms with van der Waals surface area (Å²) in [5, 5.41) is 10.3. The van der Waals surface area contributed by atoms with Gasteiger partial charge in [-0.05, 0) is 24.9 Å². The van der Waals surface area contributed by atoms with E-state index in [0.717, 1.165) is 24.2 Å². The van der Waals surface area contributed by atoms with E-state index >= 15 is 0 Å². The van der Waals surface area contributed by atoms with Crippen molar-refractivity contribution in [1.29, 1.82) is 0 Å². The first-order valence-electron chi connectivity index (χ1n) is 6.04. The Labute approximate surface area is 97.6 Å². The number of aryl methyl sites for hydroxylation is 1. The van der Waals surface area contributed by atoms with Crippen LogP contribution in [0.25, 0.3) is 0 Å². The summed E-state index contributed by atoms with van der Waals surface area (Å²) in [4.78, 5) is 0. The van der Waals surface area contributed by atoms with Gasteiger partial charge in [0.25, 0.3) is 0 Å². The second-order valence-electron chi connectivity index (χ2n) is 4.72. The van der Waals surface area contributed by atoms with Crippen LogP contribution in [-0.2, 0) is 6.42 Å². The zero-order chi connectivity index (χ0) is 12.1. The number of nitrogens with two attached hydrogens (primary N) is 1. The van der Waals surface area contributed by atoms with Crippen molar-refractivity contribution in [3.8, 4) is 0 Å². The van der Waals surface area contributed by atoms with E-state index in [-0.39, 0.29) is 5.92 Å². The highest BCUT2D eigenvalue weighted by molar-refractivity contribution is 5.20. The second-order valence-corrected chi connectivity index (χ2v) is 4.72. The highest BCUT2D eigenvalue weighted by Gasteiger charge is 2.23. The molecule has 2 unspecified atom stereocenters. The normalized spacial score (nSPS) is 15.4. The molecule has 1 heterocycles.